The number of nitriles is 1. The topological polar surface area (TPSA) is 23.8 Å². The maximum absolute atomic E-state index is 12.7. The lowest BCUT2D eigenvalue weighted by Gasteiger charge is -2.24. The first kappa shape index (κ1) is 11.6. The number of benzene rings is 1. The van der Waals surface area contributed by atoms with E-state index < -0.39 is 25.4 Å². The predicted molar refractivity (Wildman–Crippen MR) is 50.8 cm³/mol. The van der Waals surface area contributed by atoms with E-state index in [1.807, 2.05) is 6.07 Å². The number of nitrogens with zero attached hydrogens (tertiary/aromatic N) is 1. The molecule has 4 heteroatoms. The smallest absolute Gasteiger partial charge is 0.104 e. The minimum absolute atomic E-state index is 0.189. The molecule has 0 N–H and O–H groups in total. The second-order valence-corrected chi connectivity index (χ2v) is 3.37. The summed E-state index contributed by atoms with van der Waals surface area (Å²) in [5.74, 6) is 0. The molecule has 0 aliphatic heterocycles. The van der Waals surface area contributed by atoms with E-state index in [2.05, 4.69) is 0 Å². The second kappa shape index (κ2) is 4.83. The van der Waals surface area contributed by atoms with E-state index in [1.165, 1.54) is 24.3 Å². The second-order valence-electron chi connectivity index (χ2n) is 3.37. The van der Waals surface area contributed by atoms with Gasteiger partial charge in [-0.2, -0.15) is 5.26 Å². The molecule has 80 valence electrons. The summed E-state index contributed by atoms with van der Waals surface area (Å²) in [4.78, 5) is 0. The maximum atomic E-state index is 12.7. The normalized spacial score (nSPS) is 11.1. The first-order valence-corrected chi connectivity index (χ1v) is 4.41. The SMILES string of the molecule is N#Cc1cccc(C(CF)(CF)CF)c1. The third-order valence-corrected chi connectivity index (χ3v) is 2.37. The molecule has 0 aliphatic carbocycles. The number of rotatable bonds is 4. The van der Waals surface area contributed by atoms with Gasteiger partial charge in [0.1, 0.15) is 20.0 Å². The molecule has 0 saturated carbocycles. The number of hydrogen-bond acceptors (Lipinski definition) is 1. The number of hydrogen-bond donors (Lipinski definition) is 0. The lowest BCUT2D eigenvalue weighted by molar-refractivity contribution is 0.191. The molecule has 1 aromatic rings. The zero-order valence-electron chi connectivity index (χ0n) is 8.01. The first-order valence-electron chi connectivity index (χ1n) is 4.41. The van der Waals surface area contributed by atoms with Crippen LogP contribution in [0.1, 0.15) is 11.1 Å². The van der Waals surface area contributed by atoms with Crippen molar-refractivity contribution in [1.29, 1.82) is 5.26 Å². The standard InChI is InChI=1S/C11H10F3N/c12-6-11(7-13,8-14)10-3-1-2-9(4-10)5-15/h1-4H,6-8H2. The van der Waals surface area contributed by atoms with Crippen molar-refractivity contribution in [2.45, 2.75) is 5.41 Å². The lowest BCUT2D eigenvalue weighted by Crippen LogP contribution is -2.33. The Morgan fingerprint density at radius 2 is 1.73 bits per heavy atom. The molecule has 0 atom stereocenters. The molecule has 0 unspecified atom stereocenters. The van der Waals surface area contributed by atoms with Gasteiger partial charge in [-0.05, 0) is 17.7 Å². The zero-order chi connectivity index (χ0) is 11.3. The molecule has 0 spiro atoms. The molecular formula is C11H10F3N. The molecule has 0 radical (unpaired) electrons. The van der Waals surface area contributed by atoms with Crippen LogP contribution in [-0.2, 0) is 5.41 Å². The van der Waals surface area contributed by atoms with Crippen molar-refractivity contribution in [3.63, 3.8) is 0 Å². The highest BCUT2D eigenvalue weighted by molar-refractivity contribution is 5.37. The maximum Gasteiger partial charge on any atom is 0.104 e. The van der Waals surface area contributed by atoms with Crippen LogP contribution in [0.5, 0.6) is 0 Å². The summed E-state index contributed by atoms with van der Waals surface area (Å²) in [6.45, 7) is -3.35. The van der Waals surface area contributed by atoms with Gasteiger partial charge in [0, 0.05) is 0 Å². The van der Waals surface area contributed by atoms with Crippen LogP contribution in [0.3, 0.4) is 0 Å². The number of alkyl halides is 3. The molecule has 0 aliphatic rings. The van der Waals surface area contributed by atoms with E-state index in [0.29, 0.717) is 0 Å². The summed E-state index contributed by atoms with van der Waals surface area (Å²) in [6, 6.07) is 7.59. The van der Waals surface area contributed by atoms with Crippen molar-refractivity contribution in [1.82, 2.24) is 0 Å². The summed E-state index contributed by atoms with van der Waals surface area (Å²) in [5, 5.41) is 8.61. The number of halogens is 3. The van der Waals surface area contributed by atoms with Crippen molar-refractivity contribution in [3.05, 3.63) is 35.4 Å². The van der Waals surface area contributed by atoms with Crippen LogP contribution in [0.25, 0.3) is 0 Å². The van der Waals surface area contributed by atoms with Gasteiger partial charge in [-0.15, -0.1) is 0 Å². The van der Waals surface area contributed by atoms with Crippen LogP contribution in [0.2, 0.25) is 0 Å². The average molecular weight is 213 g/mol. The zero-order valence-corrected chi connectivity index (χ0v) is 8.01. The summed E-state index contributed by atoms with van der Waals surface area (Å²) in [6.07, 6.45) is 0. The minimum atomic E-state index is -1.74. The van der Waals surface area contributed by atoms with Crippen molar-refractivity contribution >= 4 is 0 Å². The lowest BCUT2D eigenvalue weighted by atomic mass is 9.83. The summed E-state index contributed by atoms with van der Waals surface area (Å²) in [5.41, 5.74) is -1.28. The highest BCUT2D eigenvalue weighted by Gasteiger charge is 2.33. The molecule has 0 heterocycles. The molecule has 1 rings (SSSR count). The van der Waals surface area contributed by atoms with E-state index in [1.54, 1.807) is 0 Å². The monoisotopic (exact) mass is 213 g/mol. The van der Waals surface area contributed by atoms with E-state index in [9.17, 15) is 13.2 Å². The average Bonchev–Trinajstić information content (AvgIpc) is 2.32. The summed E-state index contributed by atoms with van der Waals surface area (Å²) >= 11 is 0. The van der Waals surface area contributed by atoms with Crippen LogP contribution in [-0.4, -0.2) is 20.0 Å². The van der Waals surface area contributed by atoms with Gasteiger partial charge in [0.2, 0.25) is 0 Å². The Hall–Kier alpha value is -1.50. The third-order valence-electron chi connectivity index (χ3n) is 2.37. The molecule has 1 nitrogen and oxygen atoms in total. The Morgan fingerprint density at radius 1 is 1.13 bits per heavy atom. The largest absolute Gasteiger partial charge is 0.250 e. The van der Waals surface area contributed by atoms with E-state index in [-0.39, 0.29) is 11.1 Å². The molecule has 15 heavy (non-hydrogen) atoms. The van der Waals surface area contributed by atoms with Crippen LogP contribution < -0.4 is 0 Å². The van der Waals surface area contributed by atoms with Crippen LogP contribution >= 0.6 is 0 Å². The fourth-order valence-corrected chi connectivity index (χ4v) is 1.26. The quantitative estimate of drug-likeness (QED) is 0.754. The van der Waals surface area contributed by atoms with Crippen molar-refractivity contribution in [3.8, 4) is 6.07 Å². The highest BCUT2D eigenvalue weighted by atomic mass is 19.1. The third kappa shape index (κ3) is 2.12. The van der Waals surface area contributed by atoms with Crippen molar-refractivity contribution in [2.75, 3.05) is 20.0 Å². The van der Waals surface area contributed by atoms with Crippen LogP contribution in [0, 0.1) is 11.3 Å². The van der Waals surface area contributed by atoms with Gasteiger partial charge in [0.05, 0.1) is 17.0 Å². The van der Waals surface area contributed by atoms with Gasteiger partial charge in [0.25, 0.3) is 0 Å². The summed E-state index contributed by atoms with van der Waals surface area (Å²) < 4.78 is 38.0. The van der Waals surface area contributed by atoms with E-state index >= 15 is 0 Å². The van der Waals surface area contributed by atoms with E-state index in [0.717, 1.165) is 0 Å². The molecular weight excluding hydrogens is 203 g/mol. The molecule has 0 fully saturated rings. The van der Waals surface area contributed by atoms with Crippen LogP contribution in [0.15, 0.2) is 24.3 Å². The Morgan fingerprint density at radius 3 is 2.20 bits per heavy atom. The summed E-state index contributed by atoms with van der Waals surface area (Å²) in [7, 11) is 0. The molecule has 0 saturated heterocycles. The van der Waals surface area contributed by atoms with Gasteiger partial charge in [0.15, 0.2) is 0 Å². The Kier molecular flexibility index (Phi) is 3.73. The molecule has 0 amide bonds. The fourth-order valence-electron chi connectivity index (χ4n) is 1.26. The van der Waals surface area contributed by atoms with Gasteiger partial charge in [-0.25, -0.2) is 13.2 Å². The van der Waals surface area contributed by atoms with Crippen LogP contribution in [0.4, 0.5) is 13.2 Å². The Bertz CT molecular complexity index is 358. The van der Waals surface area contributed by atoms with Crippen molar-refractivity contribution < 1.29 is 13.2 Å². The molecule has 0 bridgehead atoms. The van der Waals surface area contributed by atoms with Gasteiger partial charge in [-0.3, -0.25) is 0 Å². The van der Waals surface area contributed by atoms with Crippen molar-refractivity contribution in [2.24, 2.45) is 0 Å². The van der Waals surface area contributed by atoms with Gasteiger partial charge < -0.3 is 0 Å². The minimum Gasteiger partial charge on any atom is -0.250 e. The fraction of sp³-hybridized carbons (Fsp3) is 0.364. The highest BCUT2D eigenvalue weighted by Crippen LogP contribution is 2.27. The molecule has 0 aromatic heterocycles. The predicted octanol–water partition coefficient (Wildman–Crippen LogP) is 2.70. The van der Waals surface area contributed by atoms with Gasteiger partial charge in [-0.1, -0.05) is 12.1 Å². The Labute approximate surface area is 86.1 Å². The first-order chi connectivity index (χ1) is 7.22. The van der Waals surface area contributed by atoms with E-state index in [4.69, 9.17) is 5.26 Å². The Balaban J connectivity index is 3.17. The molecule has 1 aromatic carbocycles. The van der Waals surface area contributed by atoms with Gasteiger partial charge >= 0.3 is 0 Å².